The fourth-order valence-corrected chi connectivity index (χ4v) is 1.55. The number of carboxylic acid groups (broad SMARTS) is 1. The van der Waals surface area contributed by atoms with E-state index in [1.807, 2.05) is 0 Å². The minimum absolute atomic E-state index is 0.0283. The Morgan fingerprint density at radius 2 is 2.21 bits per heavy atom. The molecule has 19 heavy (non-hydrogen) atoms. The molecule has 0 aliphatic heterocycles. The van der Waals surface area contributed by atoms with E-state index in [-0.39, 0.29) is 22.3 Å². The molecule has 1 atom stereocenters. The van der Waals surface area contributed by atoms with E-state index in [0.29, 0.717) is 0 Å². The molecule has 0 radical (unpaired) electrons. The molecular weight excluding hydrogens is 259 g/mol. The molecule has 1 aromatic heterocycles. The Labute approximate surface area is 105 Å². The number of hydrogen-bond donors (Lipinski definition) is 1. The Morgan fingerprint density at radius 1 is 1.47 bits per heavy atom. The van der Waals surface area contributed by atoms with Crippen LogP contribution in [0.2, 0.25) is 0 Å². The van der Waals surface area contributed by atoms with Crippen molar-refractivity contribution in [2.45, 2.75) is 6.36 Å². The van der Waals surface area contributed by atoms with Gasteiger partial charge in [0.1, 0.15) is 5.52 Å². The number of nitro groups is 1. The van der Waals surface area contributed by atoms with Gasteiger partial charge in [0.25, 0.3) is 5.69 Å². The number of nitro benzene ring substituents is 1. The van der Waals surface area contributed by atoms with Gasteiger partial charge >= 0.3 is 12.3 Å². The van der Waals surface area contributed by atoms with Crippen molar-refractivity contribution < 1.29 is 24.0 Å². The lowest BCUT2D eigenvalue weighted by Gasteiger charge is -2.09. The third kappa shape index (κ3) is 2.41. The highest BCUT2D eigenvalue weighted by Crippen LogP contribution is 2.31. The molecule has 0 aliphatic carbocycles. The van der Waals surface area contributed by atoms with E-state index in [9.17, 15) is 19.3 Å². The molecule has 1 heterocycles. The SMILES string of the molecule is O=C(O)C(F)Oc1ccc([N+](=O)[O-])c2cccnc12. The number of pyridine rings is 1. The summed E-state index contributed by atoms with van der Waals surface area (Å²) in [7, 11) is 0. The van der Waals surface area contributed by atoms with Crippen molar-refractivity contribution >= 4 is 22.6 Å². The summed E-state index contributed by atoms with van der Waals surface area (Å²) < 4.78 is 17.6. The Kier molecular flexibility index (Phi) is 3.23. The number of nitrogens with zero attached hydrogens (tertiary/aromatic N) is 2. The summed E-state index contributed by atoms with van der Waals surface area (Å²) in [5.41, 5.74) is -0.193. The summed E-state index contributed by atoms with van der Waals surface area (Å²) >= 11 is 0. The molecule has 7 nitrogen and oxygen atoms in total. The number of ether oxygens (including phenoxy) is 1. The molecule has 2 rings (SSSR count). The number of halogens is 1. The van der Waals surface area contributed by atoms with Crippen LogP contribution in [-0.2, 0) is 4.79 Å². The fraction of sp³-hybridized carbons (Fsp3) is 0.0909. The maximum absolute atomic E-state index is 13.0. The summed E-state index contributed by atoms with van der Waals surface area (Å²) in [6.07, 6.45) is -1.22. The highest BCUT2D eigenvalue weighted by Gasteiger charge is 2.21. The average molecular weight is 266 g/mol. The van der Waals surface area contributed by atoms with Gasteiger partial charge in [0.2, 0.25) is 0 Å². The van der Waals surface area contributed by atoms with E-state index < -0.39 is 17.3 Å². The van der Waals surface area contributed by atoms with Gasteiger partial charge in [-0.3, -0.25) is 15.1 Å². The van der Waals surface area contributed by atoms with Crippen molar-refractivity contribution in [2.75, 3.05) is 0 Å². The van der Waals surface area contributed by atoms with Gasteiger partial charge in [-0.05, 0) is 18.2 Å². The largest absolute Gasteiger partial charge is 0.476 e. The number of non-ortho nitro benzene ring substituents is 1. The molecule has 0 aliphatic rings. The topological polar surface area (TPSA) is 103 Å². The Balaban J connectivity index is 2.55. The lowest BCUT2D eigenvalue weighted by Crippen LogP contribution is -2.21. The number of hydrogen-bond acceptors (Lipinski definition) is 5. The zero-order valence-electron chi connectivity index (χ0n) is 9.32. The van der Waals surface area contributed by atoms with Crippen molar-refractivity contribution in [3.8, 4) is 5.75 Å². The molecule has 98 valence electrons. The van der Waals surface area contributed by atoms with Crippen LogP contribution >= 0.6 is 0 Å². The molecule has 2 aromatic rings. The van der Waals surface area contributed by atoms with Gasteiger partial charge < -0.3 is 9.84 Å². The molecule has 0 fully saturated rings. The van der Waals surface area contributed by atoms with Crippen LogP contribution in [0, 0.1) is 10.1 Å². The number of rotatable bonds is 4. The number of carboxylic acids is 1. The first-order chi connectivity index (χ1) is 9.00. The maximum atomic E-state index is 13.0. The van der Waals surface area contributed by atoms with Crippen molar-refractivity contribution in [3.63, 3.8) is 0 Å². The summed E-state index contributed by atoms with van der Waals surface area (Å²) in [6, 6.07) is 5.11. The van der Waals surface area contributed by atoms with Gasteiger partial charge in [-0.2, -0.15) is 4.39 Å². The third-order valence-corrected chi connectivity index (χ3v) is 2.33. The second kappa shape index (κ2) is 4.84. The zero-order valence-corrected chi connectivity index (χ0v) is 9.32. The van der Waals surface area contributed by atoms with Crippen molar-refractivity contribution in [2.24, 2.45) is 0 Å². The molecule has 0 saturated heterocycles. The predicted octanol–water partition coefficient (Wildman–Crippen LogP) is 1.90. The van der Waals surface area contributed by atoms with E-state index in [1.165, 1.54) is 18.3 Å². The monoisotopic (exact) mass is 266 g/mol. The quantitative estimate of drug-likeness (QED) is 0.669. The van der Waals surface area contributed by atoms with Crippen LogP contribution < -0.4 is 4.74 Å². The summed E-state index contributed by atoms with van der Waals surface area (Å²) in [5, 5.41) is 19.4. The van der Waals surface area contributed by atoms with E-state index in [2.05, 4.69) is 9.72 Å². The van der Waals surface area contributed by atoms with Gasteiger partial charge in [-0.1, -0.05) is 0 Å². The van der Waals surface area contributed by atoms with E-state index in [0.717, 1.165) is 12.1 Å². The first-order valence-corrected chi connectivity index (χ1v) is 5.06. The molecule has 1 N–H and O–H groups in total. The number of alkyl halides is 1. The molecule has 0 saturated carbocycles. The van der Waals surface area contributed by atoms with Crippen molar-refractivity contribution in [1.82, 2.24) is 4.98 Å². The third-order valence-electron chi connectivity index (χ3n) is 2.33. The average Bonchev–Trinajstić information content (AvgIpc) is 2.38. The van der Waals surface area contributed by atoms with Crippen LogP contribution in [-0.4, -0.2) is 27.3 Å². The van der Waals surface area contributed by atoms with Crippen LogP contribution in [0.5, 0.6) is 5.75 Å². The van der Waals surface area contributed by atoms with E-state index in [1.54, 1.807) is 0 Å². The molecule has 0 bridgehead atoms. The standard InChI is InChI=1S/C11H7FN2O5/c12-10(11(15)16)19-8-4-3-7(14(17)18)6-2-1-5-13-9(6)8/h1-5,10H,(H,15,16). The number of carbonyl (C=O) groups is 1. The normalized spacial score (nSPS) is 12.1. The van der Waals surface area contributed by atoms with E-state index >= 15 is 0 Å². The van der Waals surface area contributed by atoms with Gasteiger partial charge in [0.15, 0.2) is 5.75 Å². The molecular formula is C11H7FN2O5. The molecule has 1 unspecified atom stereocenters. The number of fused-ring (bicyclic) bond motifs is 1. The van der Waals surface area contributed by atoms with Gasteiger partial charge in [-0.15, -0.1) is 0 Å². The highest BCUT2D eigenvalue weighted by molar-refractivity contribution is 5.92. The fourth-order valence-electron chi connectivity index (χ4n) is 1.55. The summed E-state index contributed by atoms with van der Waals surface area (Å²) in [4.78, 5) is 24.4. The van der Waals surface area contributed by atoms with Gasteiger partial charge in [-0.25, -0.2) is 4.79 Å². The van der Waals surface area contributed by atoms with Crippen LogP contribution in [0.4, 0.5) is 10.1 Å². The smallest absolute Gasteiger partial charge is 0.378 e. The Morgan fingerprint density at radius 3 is 2.84 bits per heavy atom. The molecule has 0 amide bonds. The lowest BCUT2D eigenvalue weighted by molar-refractivity contribution is -0.383. The second-order valence-corrected chi connectivity index (χ2v) is 3.51. The zero-order chi connectivity index (χ0) is 14.0. The van der Waals surface area contributed by atoms with Crippen molar-refractivity contribution in [1.29, 1.82) is 0 Å². The van der Waals surface area contributed by atoms with Gasteiger partial charge in [0, 0.05) is 12.3 Å². The lowest BCUT2D eigenvalue weighted by atomic mass is 10.1. The first-order valence-electron chi connectivity index (χ1n) is 5.06. The molecule has 8 heteroatoms. The number of aliphatic carboxylic acids is 1. The highest BCUT2D eigenvalue weighted by atomic mass is 19.1. The second-order valence-electron chi connectivity index (χ2n) is 3.51. The summed E-state index contributed by atoms with van der Waals surface area (Å²) in [5.74, 6) is -1.96. The summed E-state index contributed by atoms with van der Waals surface area (Å²) in [6.45, 7) is 0. The minimum atomic E-state index is -2.56. The van der Waals surface area contributed by atoms with Crippen LogP contribution in [0.25, 0.3) is 10.9 Å². The van der Waals surface area contributed by atoms with Crippen LogP contribution in [0.15, 0.2) is 30.5 Å². The molecule has 1 aromatic carbocycles. The van der Waals surface area contributed by atoms with Crippen molar-refractivity contribution in [3.05, 3.63) is 40.6 Å². The first kappa shape index (κ1) is 12.7. The predicted molar refractivity (Wildman–Crippen MR) is 61.6 cm³/mol. The Bertz CT molecular complexity index is 661. The maximum Gasteiger partial charge on any atom is 0.378 e. The van der Waals surface area contributed by atoms with Crippen LogP contribution in [0.1, 0.15) is 0 Å². The minimum Gasteiger partial charge on any atom is -0.476 e. The molecule has 0 spiro atoms. The van der Waals surface area contributed by atoms with E-state index in [4.69, 9.17) is 5.11 Å². The number of aromatic nitrogens is 1. The van der Waals surface area contributed by atoms with Gasteiger partial charge in [0.05, 0.1) is 10.3 Å². The number of benzene rings is 1. The Hall–Kier alpha value is -2.77. The van der Waals surface area contributed by atoms with Crippen LogP contribution in [0.3, 0.4) is 0 Å².